The van der Waals surface area contributed by atoms with Crippen molar-refractivity contribution in [1.29, 1.82) is 0 Å². The van der Waals surface area contributed by atoms with Gasteiger partial charge in [0, 0.05) is 0 Å². The van der Waals surface area contributed by atoms with Crippen molar-refractivity contribution < 1.29 is 9.50 Å². The van der Waals surface area contributed by atoms with Crippen molar-refractivity contribution in [2.75, 3.05) is 11.1 Å². The Bertz CT molecular complexity index is 384. The number of rotatable bonds is 2. The highest BCUT2D eigenvalue weighted by molar-refractivity contribution is 5.66. The number of halogens is 1. The Morgan fingerprint density at radius 2 is 2.00 bits per heavy atom. The Morgan fingerprint density at radius 1 is 1.24 bits per heavy atom. The lowest BCUT2D eigenvalue weighted by Gasteiger charge is -2.23. The van der Waals surface area contributed by atoms with Gasteiger partial charge in [-0.05, 0) is 25.0 Å². The normalized spacial score (nSPS) is 25.3. The Labute approximate surface area is 101 Å². The number of nitrogens with two attached hydrogens (primary N) is 1. The van der Waals surface area contributed by atoms with E-state index in [9.17, 15) is 9.50 Å². The summed E-state index contributed by atoms with van der Waals surface area (Å²) < 4.78 is 13.3. The lowest BCUT2D eigenvalue weighted by molar-refractivity contribution is 0.144. The van der Waals surface area contributed by atoms with E-state index in [0.29, 0.717) is 5.69 Å². The van der Waals surface area contributed by atoms with Crippen LogP contribution in [0.1, 0.15) is 32.1 Å². The van der Waals surface area contributed by atoms with E-state index in [1.54, 1.807) is 12.1 Å². The molecule has 4 N–H and O–H groups in total. The zero-order valence-corrected chi connectivity index (χ0v) is 9.82. The summed E-state index contributed by atoms with van der Waals surface area (Å²) in [6, 6.07) is 4.68. The molecule has 0 radical (unpaired) electrons. The van der Waals surface area contributed by atoms with Crippen LogP contribution in [0.3, 0.4) is 0 Å². The second-order valence-corrected chi connectivity index (χ2v) is 4.66. The SMILES string of the molecule is Nc1c(F)cccc1NC1CCCCCC1O. The Balaban J connectivity index is 2.10. The van der Waals surface area contributed by atoms with Crippen molar-refractivity contribution in [3.05, 3.63) is 24.0 Å². The summed E-state index contributed by atoms with van der Waals surface area (Å²) in [6.07, 6.45) is 4.61. The van der Waals surface area contributed by atoms with Crippen LogP contribution in [0.25, 0.3) is 0 Å². The van der Waals surface area contributed by atoms with Crippen LogP contribution in [0.4, 0.5) is 15.8 Å². The highest BCUT2D eigenvalue weighted by Gasteiger charge is 2.22. The molecule has 1 aliphatic rings. The number of nitrogens with one attached hydrogen (secondary N) is 1. The molecule has 1 aliphatic carbocycles. The largest absolute Gasteiger partial charge is 0.395 e. The van der Waals surface area contributed by atoms with Crippen LogP contribution in [-0.4, -0.2) is 17.3 Å². The van der Waals surface area contributed by atoms with Crippen LogP contribution < -0.4 is 11.1 Å². The number of nitrogen functional groups attached to an aromatic ring is 1. The number of para-hydroxylation sites is 1. The van der Waals surface area contributed by atoms with Crippen molar-refractivity contribution in [2.24, 2.45) is 0 Å². The van der Waals surface area contributed by atoms with Gasteiger partial charge >= 0.3 is 0 Å². The molecule has 0 amide bonds. The van der Waals surface area contributed by atoms with Crippen LogP contribution >= 0.6 is 0 Å². The molecule has 1 saturated carbocycles. The maximum atomic E-state index is 13.3. The predicted molar refractivity (Wildman–Crippen MR) is 67.3 cm³/mol. The zero-order valence-electron chi connectivity index (χ0n) is 9.82. The van der Waals surface area contributed by atoms with Gasteiger partial charge in [0.1, 0.15) is 5.82 Å². The maximum Gasteiger partial charge on any atom is 0.148 e. The lowest BCUT2D eigenvalue weighted by Crippen LogP contribution is -2.32. The lowest BCUT2D eigenvalue weighted by atomic mass is 10.1. The van der Waals surface area contributed by atoms with Crippen molar-refractivity contribution in [1.82, 2.24) is 0 Å². The first-order valence-corrected chi connectivity index (χ1v) is 6.17. The monoisotopic (exact) mass is 238 g/mol. The third kappa shape index (κ3) is 2.88. The molecule has 17 heavy (non-hydrogen) atoms. The van der Waals surface area contributed by atoms with Gasteiger partial charge in [0.25, 0.3) is 0 Å². The average molecular weight is 238 g/mol. The highest BCUT2D eigenvalue weighted by atomic mass is 19.1. The zero-order chi connectivity index (χ0) is 12.3. The maximum absolute atomic E-state index is 13.3. The minimum Gasteiger partial charge on any atom is -0.395 e. The van der Waals surface area contributed by atoms with Gasteiger partial charge in [-0.3, -0.25) is 0 Å². The van der Waals surface area contributed by atoms with Gasteiger partial charge in [-0.15, -0.1) is 0 Å². The third-order valence-electron chi connectivity index (χ3n) is 3.37. The molecule has 1 aromatic rings. The van der Waals surface area contributed by atoms with Crippen LogP contribution in [-0.2, 0) is 0 Å². The fourth-order valence-corrected chi connectivity index (χ4v) is 2.32. The topological polar surface area (TPSA) is 58.3 Å². The van der Waals surface area contributed by atoms with Crippen LogP contribution in [0.15, 0.2) is 18.2 Å². The standard InChI is InChI=1S/C13H19FN2O/c14-9-5-4-7-11(13(9)15)16-10-6-2-1-3-8-12(10)17/h4-5,7,10,12,16-17H,1-3,6,8,15H2. The summed E-state index contributed by atoms with van der Waals surface area (Å²) in [5, 5.41) is 13.1. The fourth-order valence-electron chi connectivity index (χ4n) is 2.32. The minimum absolute atomic E-state index is 0.0263. The first kappa shape index (κ1) is 12.2. The molecule has 0 heterocycles. The average Bonchev–Trinajstić information content (AvgIpc) is 2.51. The molecule has 3 nitrogen and oxygen atoms in total. The second kappa shape index (κ2) is 5.36. The summed E-state index contributed by atoms with van der Waals surface area (Å²) >= 11 is 0. The Morgan fingerprint density at radius 3 is 2.82 bits per heavy atom. The molecule has 1 fully saturated rings. The molecule has 94 valence electrons. The van der Waals surface area contributed by atoms with E-state index in [0.717, 1.165) is 32.1 Å². The van der Waals surface area contributed by atoms with Gasteiger partial charge < -0.3 is 16.2 Å². The molecular formula is C13H19FN2O. The molecule has 1 aromatic carbocycles. The quantitative estimate of drug-likeness (QED) is 0.548. The van der Waals surface area contributed by atoms with E-state index in [-0.39, 0.29) is 17.8 Å². The van der Waals surface area contributed by atoms with Gasteiger partial charge in [0.05, 0.1) is 23.5 Å². The summed E-state index contributed by atoms with van der Waals surface area (Å²) in [6.45, 7) is 0. The van der Waals surface area contributed by atoms with Crippen LogP contribution in [0.2, 0.25) is 0 Å². The van der Waals surface area contributed by atoms with Crippen LogP contribution in [0, 0.1) is 5.82 Å². The highest BCUT2D eigenvalue weighted by Crippen LogP contribution is 2.26. The molecule has 0 aromatic heterocycles. The molecule has 2 rings (SSSR count). The minimum atomic E-state index is -0.418. The summed E-state index contributed by atoms with van der Waals surface area (Å²) in [5.74, 6) is -0.418. The van der Waals surface area contributed by atoms with E-state index in [2.05, 4.69) is 5.32 Å². The number of benzene rings is 1. The number of anilines is 2. The summed E-state index contributed by atoms with van der Waals surface area (Å²) in [7, 11) is 0. The van der Waals surface area contributed by atoms with Gasteiger partial charge in [-0.1, -0.05) is 25.3 Å². The van der Waals surface area contributed by atoms with Gasteiger partial charge in [0.2, 0.25) is 0 Å². The van der Waals surface area contributed by atoms with Crippen molar-refractivity contribution in [3.8, 4) is 0 Å². The molecule has 4 heteroatoms. The third-order valence-corrected chi connectivity index (χ3v) is 3.37. The molecular weight excluding hydrogens is 219 g/mol. The van der Waals surface area contributed by atoms with Crippen molar-refractivity contribution >= 4 is 11.4 Å². The molecule has 0 saturated heterocycles. The van der Waals surface area contributed by atoms with E-state index < -0.39 is 5.82 Å². The summed E-state index contributed by atoms with van der Waals surface area (Å²) in [4.78, 5) is 0. The number of aliphatic hydroxyl groups is 1. The number of hydrogen-bond acceptors (Lipinski definition) is 3. The van der Waals surface area contributed by atoms with E-state index in [1.807, 2.05) is 0 Å². The molecule has 0 spiro atoms. The van der Waals surface area contributed by atoms with Crippen LogP contribution in [0.5, 0.6) is 0 Å². The van der Waals surface area contributed by atoms with E-state index >= 15 is 0 Å². The van der Waals surface area contributed by atoms with Gasteiger partial charge in [-0.25, -0.2) is 4.39 Å². The Kier molecular flexibility index (Phi) is 3.84. The molecule has 2 unspecified atom stereocenters. The fraction of sp³-hybridized carbons (Fsp3) is 0.538. The molecule has 0 bridgehead atoms. The number of hydrogen-bond donors (Lipinski definition) is 3. The van der Waals surface area contributed by atoms with E-state index in [1.165, 1.54) is 6.07 Å². The van der Waals surface area contributed by atoms with E-state index in [4.69, 9.17) is 5.73 Å². The number of aliphatic hydroxyl groups excluding tert-OH is 1. The first-order valence-electron chi connectivity index (χ1n) is 6.17. The van der Waals surface area contributed by atoms with Gasteiger partial charge in [0.15, 0.2) is 0 Å². The summed E-state index contributed by atoms with van der Waals surface area (Å²) in [5.41, 5.74) is 6.37. The predicted octanol–water partition coefficient (Wildman–Crippen LogP) is 2.51. The Hall–Kier alpha value is -1.29. The van der Waals surface area contributed by atoms with Crippen molar-refractivity contribution in [2.45, 2.75) is 44.2 Å². The van der Waals surface area contributed by atoms with Gasteiger partial charge in [-0.2, -0.15) is 0 Å². The smallest absolute Gasteiger partial charge is 0.148 e. The molecule has 0 aliphatic heterocycles. The second-order valence-electron chi connectivity index (χ2n) is 4.66. The first-order chi connectivity index (χ1) is 8.18. The van der Waals surface area contributed by atoms with Crippen molar-refractivity contribution in [3.63, 3.8) is 0 Å². The molecule has 2 atom stereocenters.